The van der Waals surface area contributed by atoms with E-state index in [4.69, 9.17) is 11.6 Å². The third kappa shape index (κ3) is 4.56. The monoisotopic (exact) mass is 395 g/mol. The van der Waals surface area contributed by atoms with E-state index in [1.54, 1.807) is 24.5 Å². The Morgan fingerprint density at radius 3 is 2.41 bits per heavy atom. The van der Waals surface area contributed by atoms with E-state index in [1.165, 1.54) is 24.3 Å². The van der Waals surface area contributed by atoms with Crippen LogP contribution in [0.1, 0.15) is 11.3 Å². The molecule has 0 spiro atoms. The topological polar surface area (TPSA) is 71.8 Å². The summed E-state index contributed by atoms with van der Waals surface area (Å²) in [6.45, 7) is 0.140. The molecule has 0 aliphatic rings. The molecule has 0 radical (unpaired) electrons. The van der Waals surface area contributed by atoms with Gasteiger partial charge in [-0.05, 0) is 42.0 Å². The molecule has 3 aromatic rings. The zero-order chi connectivity index (χ0) is 19.4. The average Bonchev–Trinajstić information content (AvgIpc) is 3.05. The molecule has 3 rings (SSSR count). The van der Waals surface area contributed by atoms with Crippen molar-refractivity contribution < 1.29 is 18.0 Å². The molecule has 10 heteroatoms. The van der Waals surface area contributed by atoms with Gasteiger partial charge in [-0.1, -0.05) is 11.6 Å². The predicted molar refractivity (Wildman–Crippen MR) is 93.7 cm³/mol. The molecule has 0 aliphatic carbocycles. The number of amides is 2. The molecule has 1 aromatic carbocycles. The van der Waals surface area contributed by atoms with Crippen molar-refractivity contribution in [1.29, 1.82) is 0 Å². The lowest BCUT2D eigenvalue weighted by Crippen LogP contribution is -2.29. The van der Waals surface area contributed by atoms with Crippen molar-refractivity contribution in [1.82, 2.24) is 20.1 Å². The molecule has 140 valence electrons. The lowest BCUT2D eigenvalue weighted by Gasteiger charge is -2.13. The molecule has 2 N–H and O–H groups in total. The van der Waals surface area contributed by atoms with Crippen molar-refractivity contribution in [3.63, 3.8) is 0 Å². The van der Waals surface area contributed by atoms with Gasteiger partial charge in [-0.3, -0.25) is 4.98 Å². The molecule has 2 aromatic heterocycles. The second-order valence-electron chi connectivity index (χ2n) is 5.46. The molecule has 0 bridgehead atoms. The molecular weight excluding hydrogens is 383 g/mol. The minimum atomic E-state index is -4.73. The number of carbonyl (C=O) groups excluding carboxylic acids is 1. The van der Waals surface area contributed by atoms with Gasteiger partial charge >= 0.3 is 12.2 Å². The Labute approximate surface area is 157 Å². The van der Waals surface area contributed by atoms with Crippen molar-refractivity contribution in [3.05, 3.63) is 71.3 Å². The van der Waals surface area contributed by atoms with Crippen LogP contribution < -0.4 is 10.6 Å². The summed E-state index contributed by atoms with van der Waals surface area (Å²) in [5.41, 5.74) is -0.626. The van der Waals surface area contributed by atoms with E-state index in [0.29, 0.717) is 9.70 Å². The summed E-state index contributed by atoms with van der Waals surface area (Å²) in [6, 6.07) is 8.28. The first-order valence-corrected chi connectivity index (χ1v) is 8.07. The van der Waals surface area contributed by atoms with Crippen molar-refractivity contribution in [3.8, 4) is 5.69 Å². The summed E-state index contributed by atoms with van der Waals surface area (Å²) in [7, 11) is 0. The van der Waals surface area contributed by atoms with Crippen LogP contribution in [0.4, 0.5) is 23.7 Å². The number of pyridine rings is 1. The molecule has 2 amide bonds. The molecular formula is C17H13ClF3N5O. The zero-order valence-electron chi connectivity index (χ0n) is 13.7. The maximum Gasteiger partial charge on any atom is 0.435 e. The normalized spacial score (nSPS) is 11.3. The summed E-state index contributed by atoms with van der Waals surface area (Å²) >= 11 is 5.77. The summed E-state index contributed by atoms with van der Waals surface area (Å²) in [5, 5.41) is 8.82. The van der Waals surface area contributed by atoms with Crippen LogP contribution in [0.3, 0.4) is 0 Å². The fourth-order valence-electron chi connectivity index (χ4n) is 2.34. The van der Waals surface area contributed by atoms with Crippen molar-refractivity contribution in [2.24, 2.45) is 0 Å². The van der Waals surface area contributed by atoms with E-state index in [9.17, 15) is 18.0 Å². The van der Waals surface area contributed by atoms with E-state index in [-0.39, 0.29) is 12.2 Å². The number of hydrogen-bond donors (Lipinski definition) is 2. The average molecular weight is 396 g/mol. The largest absolute Gasteiger partial charge is 0.435 e. The standard InChI is InChI=1S/C17H13ClF3N5O/c18-12-1-3-13(4-2-12)26-15(17(19,20)21)14(10-24-26)25-16(27)23-9-11-5-7-22-8-6-11/h1-8,10H,9H2,(H2,23,25,27). The first-order valence-electron chi connectivity index (χ1n) is 7.69. The molecule has 0 fully saturated rings. The van der Waals surface area contributed by atoms with Gasteiger partial charge in [-0.25, -0.2) is 9.48 Å². The SMILES string of the molecule is O=C(NCc1ccncc1)Nc1cnn(-c2ccc(Cl)cc2)c1C(F)(F)F. The quantitative estimate of drug-likeness (QED) is 0.693. The van der Waals surface area contributed by atoms with E-state index in [1.807, 2.05) is 0 Å². The highest BCUT2D eigenvalue weighted by molar-refractivity contribution is 6.30. The van der Waals surface area contributed by atoms with Gasteiger partial charge in [-0.2, -0.15) is 18.3 Å². The molecule has 0 aliphatic heterocycles. The van der Waals surface area contributed by atoms with Crippen LogP contribution in [-0.2, 0) is 12.7 Å². The van der Waals surface area contributed by atoms with Crippen LogP contribution in [-0.4, -0.2) is 20.8 Å². The Morgan fingerprint density at radius 1 is 1.11 bits per heavy atom. The number of rotatable bonds is 4. The lowest BCUT2D eigenvalue weighted by molar-refractivity contribution is -0.142. The molecule has 2 heterocycles. The first kappa shape index (κ1) is 18.7. The highest BCUT2D eigenvalue weighted by Crippen LogP contribution is 2.36. The van der Waals surface area contributed by atoms with Crippen LogP contribution >= 0.6 is 11.6 Å². The first-order chi connectivity index (χ1) is 12.8. The highest BCUT2D eigenvalue weighted by Gasteiger charge is 2.39. The van der Waals surface area contributed by atoms with Gasteiger partial charge in [0.25, 0.3) is 0 Å². The van der Waals surface area contributed by atoms with E-state index in [0.717, 1.165) is 11.8 Å². The summed E-state index contributed by atoms with van der Waals surface area (Å²) in [5.74, 6) is 0. The van der Waals surface area contributed by atoms with Crippen LogP contribution in [0, 0.1) is 0 Å². The number of urea groups is 1. The van der Waals surface area contributed by atoms with Crippen LogP contribution in [0.5, 0.6) is 0 Å². The van der Waals surface area contributed by atoms with E-state index in [2.05, 4.69) is 20.7 Å². The van der Waals surface area contributed by atoms with Crippen LogP contribution in [0.2, 0.25) is 5.02 Å². The molecule has 6 nitrogen and oxygen atoms in total. The number of aromatic nitrogens is 3. The number of alkyl halides is 3. The van der Waals surface area contributed by atoms with Crippen molar-refractivity contribution >= 4 is 23.3 Å². The second-order valence-corrected chi connectivity index (χ2v) is 5.89. The Kier molecular flexibility index (Phi) is 5.31. The Hall–Kier alpha value is -3.07. The van der Waals surface area contributed by atoms with Crippen molar-refractivity contribution in [2.45, 2.75) is 12.7 Å². The number of nitrogens with zero attached hydrogens (tertiary/aromatic N) is 3. The molecule has 0 saturated heterocycles. The smallest absolute Gasteiger partial charge is 0.334 e. The minimum absolute atomic E-state index is 0.140. The Morgan fingerprint density at radius 2 is 1.78 bits per heavy atom. The minimum Gasteiger partial charge on any atom is -0.334 e. The highest BCUT2D eigenvalue weighted by atomic mass is 35.5. The van der Waals surface area contributed by atoms with Gasteiger partial charge in [0, 0.05) is 24.0 Å². The van der Waals surface area contributed by atoms with E-state index >= 15 is 0 Å². The Bertz CT molecular complexity index is 926. The van der Waals surface area contributed by atoms with Gasteiger partial charge in [0.1, 0.15) is 0 Å². The third-order valence-electron chi connectivity index (χ3n) is 3.56. The molecule has 0 saturated carbocycles. The van der Waals surface area contributed by atoms with Gasteiger partial charge < -0.3 is 10.6 Å². The van der Waals surface area contributed by atoms with Gasteiger partial charge in [0.05, 0.1) is 17.6 Å². The second kappa shape index (κ2) is 7.67. The molecule has 0 unspecified atom stereocenters. The zero-order valence-corrected chi connectivity index (χ0v) is 14.4. The number of nitrogens with one attached hydrogen (secondary N) is 2. The van der Waals surface area contributed by atoms with Gasteiger partial charge in [-0.15, -0.1) is 0 Å². The lowest BCUT2D eigenvalue weighted by atomic mass is 10.3. The number of halogens is 4. The third-order valence-corrected chi connectivity index (χ3v) is 3.81. The maximum atomic E-state index is 13.5. The fourth-order valence-corrected chi connectivity index (χ4v) is 2.47. The van der Waals surface area contributed by atoms with E-state index < -0.39 is 23.6 Å². The van der Waals surface area contributed by atoms with Gasteiger partial charge in [0.2, 0.25) is 0 Å². The maximum absolute atomic E-state index is 13.5. The number of benzene rings is 1. The van der Waals surface area contributed by atoms with Crippen LogP contribution in [0.25, 0.3) is 5.69 Å². The number of carbonyl (C=O) groups is 1. The molecule has 0 atom stereocenters. The number of hydrogen-bond acceptors (Lipinski definition) is 3. The summed E-state index contributed by atoms with van der Waals surface area (Å²) < 4.78 is 41.3. The van der Waals surface area contributed by atoms with Crippen LogP contribution in [0.15, 0.2) is 55.0 Å². The molecule has 27 heavy (non-hydrogen) atoms. The fraction of sp³-hybridized carbons (Fsp3) is 0.118. The number of anilines is 1. The summed E-state index contributed by atoms with van der Waals surface area (Å²) in [4.78, 5) is 15.8. The Balaban J connectivity index is 1.81. The predicted octanol–water partition coefficient (Wildman–Crippen LogP) is 4.26. The summed E-state index contributed by atoms with van der Waals surface area (Å²) in [6.07, 6.45) is -0.688. The van der Waals surface area contributed by atoms with Gasteiger partial charge in [0.15, 0.2) is 5.69 Å². The van der Waals surface area contributed by atoms with Crippen molar-refractivity contribution in [2.75, 3.05) is 5.32 Å².